The second-order valence-electron chi connectivity index (χ2n) is 7.00. The Morgan fingerprint density at radius 2 is 2.00 bits per heavy atom. The molecule has 6 heteroatoms. The van der Waals surface area contributed by atoms with Crippen LogP contribution in [0.2, 0.25) is 0 Å². The zero-order valence-electron chi connectivity index (χ0n) is 16.3. The molecule has 2 heterocycles. The summed E-state index contributed by atoms with van der Waals surface area (Å²) >= 11 is 0. The Morgan fingerprint density at radius 3 is 2.67 bits per heavy atom. The minimum Gasteiger partial charge on any atom is -0.355 e. The Morgan fingerprint density at radius 1 is 1.26 bits per heavy atom. The maximum Gasteiger partial charge on any atom is 0.253 e. The van der Waals surface area contributed by atoms with Gasteiger partial charge in [-0.3, -0.25) is 9.59 Å². The van der Waals surface area contributed by atoms with Gasteiger partial charge in [-0.25, -0.2) is 4.98 Å². The Hall–Kier alpha value is -2.89. The molecule has 1 aliphatic rings. The van der Waals surface area contributed by atoms with Crippen molar-refractivity contribution in [2.45, 2.75) is 26.3 Å². The monoisotopic (exact) mass is 366 g/mol. The van der Waals surface area contributed by atoms with Crippen LogP contribution in [0.3, 0.4) is 0 Å². The summed E-state index contributed by atoms with van der Waals surface area (Å²) < 4.78 is 0. The van der Waals surface area contributed by atoms with Crippen LogP contribution in [0.25, 0.3) is 11.1 Å². The number of carbonyl (C=O) groups is 2. The van der Waals surface area contributed by atoms with Crippen LogP contribution in [-0.4, -0.2) is 54.9 Å². The van der Waals surface area contributed by atoms with Crippen molar-refractivity contribution >= 4 is 17.6 Å². The number of aryl methyl sites for hydroxylation is 1. The van der Waals surface area contributed by atoms with Crippen molar-refractivity contribution in [3.05, 3.63) is 47.7 Å². The van der Waals surface area contributed by atoms with Crippen molar-refractivity contribution in [3.8, 4) is 11.1 Å². The lowest BCUT2D eigenvalue weighted by Gasteiger charge is -2.24. The maximum absolute atomic E-state index is 12.4. The first-order valence-corrected chi connectivity index (χ1v) is 9.19. The molecule has 2 amide bonds. The highest BCUT2D eigenvalue weighted by molar-refractivity contribution is 6.01. The van der Waals surface area contributed by atoms with E-state index in [0.29, 0.717) is 5.56 Å². The molecule has 1 N–H and O–H groups in total. The fraction of sp³-hybridized carbons (Fsp3) is 0.381. The summed E-state index contributed by atoms with van der Waals surface area (Å²) in [4.78, 5) is 32.5. The van der Waals surface area contributed by atoms with Crippen molar-refractivity contribution in [1.29, 1.82) is 0 Å². The number of pyridine rings is 1. The van der Waals surface area contributed by atoms with E-state index in [4.69, 9.17) is 0 Å². The molecular formula is C21H26N4O2. The molecule has 1 atom stereocenters. The molecule has 6 nitrogen and oxygen atoms in total. The van der Waals surface area contributed by atoms with Crippen LogP contribution in [0, 0.1) is 6.92 Å². The molecular weight excluding hydrogens is 340 g/mol. The molecule has 2 aromatic rings. The van der Waals surface area contributed by atoms with E-state index in [1.807, 2.05) is 44.3 Å². The largest absolute Gasteiger partial charge is 0.355 e. The van der Waals surface area contributed by atoms with Gasteiger partial charge in [-0.2, -0.15) is 0 Å². The van der Waals surface area contributed by atoms with Crippen LogP contribution >= 0.6 is 0 Å². The molecule has 142 valence electrons. The van der Waals surface area contributed by atoms with Gasteiger partial charge in [0.05, 0.1) is 11.6 Å². The summed E-state index contributed by atoms with van der Waals surface area (Å²) in [6, 6.07) is 10.2. The molecule has 0 aliphatic carbocycles. The van der Waals surface area contributed by atoms with Crippen LogP contribution < -0.4 is 10.2 Å². The fourth-order valence-corrected chi connectivity index (χ4v) is 3.55. The molecule has 1 fully saturated rings. The normalized spacial score (nSPS) is 16.3. The van der Waals surface area contributed by atoms with Crippen molar-refractivity contribution in [2.24, 2.45) is 0 Å². The highest BCUT2D eigenvalue weighted by Crippen LogP contribution is 2.31. The second kappa shape index (κ2) is 7.78. The average molecular weight is 366 g/mol. The van der Waals surface area contributed by atoms with Gasteiger partial charge in [0.25, 0.3) is 5.91 Å². The van der Waals surface area contributed by atoms with E-state index in [2.05, 4.69) is 15.2 Å². The van der Waals surface area contributed by atoms with Gasteiger partial charge in [-0.05, 0) is 36.1 Å². The Kier molecular flexibility index (Phi) is 5.44. The van der Waals surface area contributed by atoms with Gasteiger partial charge in [-0.15, -0.1) is 0 Å². The highest BCUT2D eigenvalue weighted by Gasteiger charge is 2.28. The zero-order chi connectivity index (χ0) is 19.6. The third kappa shape index (κ3) is 3.79. The molecule has 0 spiro atoms. The number of carbonyl (C=O) groups excluding carboxylic acids is 2. The first kappa shape index (κ1) is 18.9. The van der Waals surface area contributed by atoms with Gasteiger partial charge in [0.1, 0.15) is 5.82 Å². The van der Waals surface area contributed by atoms with Crippen LogP contribution in [0.4, 0.5) is 5.82 Å². The molecule has 27 heavy (non-hydrogen) atoms. The first-order chi connectivity index (χ1) is 12.9. The van der Waals surface area contributed by atoms with Gasteiger partial charge in [0.2, 0.25) is 5.91 Å². The SMILES string of the molecule is CNC(=O)c1cnc(N2CCC(N(C)C(C)=O)C2)cc1-c1ccccc1C. The number of aromatic nitrogens is 1. The zero-order valence-corrected chi connectivity index (χ0v) is 16.3. The number of anilines is 1. The lowest BCUT2D eigenvalue weighted by Crippen LogP contribution is -2.37. The van der Waals surface area contributed by atoms with Crippen LogP contribution in [0.15, 0.2) is 36.5 Å². The number of rotatable bonds is 4. The Balaban J connectivity index is 1.97. The van der Waals surface area contributed by atoms with Crippen molar-refractivity contribution in [1.82, 2.24) is 15.2 Å². The maximum atomic E-state index is 12.4. The summed E-state index contributed by atoms with van der Waals surface area (Å²) in [5.41, 5.74) is 3.57. The third-order valence-corrected chi connectivity index (χ3v) is 5.33. The third-order valence-electron chi connectivity index (χ3n) is 5.33. The predicted molar refractivity (Wildman–Crippen MR) is 107 cm³/mol. The van der Waals surface area contributed by atoms with E-state index in [1.54, 1.807) is 25.1 Å². The molecule has 0 saturated carbocycles. The molecule has 3 rings (SSSR count). The summed E-state index contributed by atoms with van der Waals surface area (Å²) in [5, 5.41) is 2.70. The molecule has 0 radical (unpaired) electrons. The second-order valence-corrected chi connectivity index (χ2v) is 7.00. The average Bonchev–Trinajstić information content (AvgIpc) is 3.16. The van der Waals surface area contributed by atoms with Gasteiger partial charge < -0.3 is 15.1 Å². The smallest absolute Gasteiger partial charge is 0.253 e. The van der Waals surface area contributed by atoms with E-state index in [1.165, 1.54) is 0 Å². The summed E-state index contributed by atoms with van der Waals surface area (Å²) in [5.74, 6) is 0.758. The molecule has 1 aromatic carbocycles. The minimum atomic E-state index is -0.150. The van der Waals surface area contributed by atoms with E-state index < -0.39 is 0 Å². The molecule has 1 aromatic heterocycles. The van der Waals surface area contributed by atoms with Crippen molar-refractivity contribution in [3.63, 3.8) is 0 Å². The Labute approximate surface area is 160 Å². The topological polar surface area (TPSA) is 65.5 Å². The van der Waals surface area contributed by atoms with E-state index in [9.17, 15) is 9.59 Å². The number of nitrogens with zero attached hydrogens (tertiary/aromatic N) is 3. The number of hydrogen-bond acceptors (Lipinski definition) is 4. The predicted octanol–water partition coefficient (Wildman–Crippen LogP) is 2.47. The number of amides is 2. The molecule has 1 saturated heterocycles. The summed E-state index contributed by atoms with van der Waals surface area (Å²) in [6.07, 6.45) is 2.56. The van der Waals surface area contributed by atoms with E-state index in [-0.39, 0.29) is 17.9 Å². The van der Waals surface area contributed by atoms with Gasteiger partial charge in [0, 0.05) is 40.3 Å². The van der Waals surface area contributed by atoms with Crippen molar-refractivity contribution in [2.75, 3.05) is 32.1 Å². The molecule has 0 bridgehead atoms. The lowest BCUT2D eigenvalue weighted by molar-refractivity contribution is -0.129. The van der Waals surface area contributed by atoms with Crippen LogP contribution in [-0.2, 0) is 4.79 Å². The number of benzene rings is 1. The number of nitrogens with one attached hydrogen (secondary N) is 1. The van der Waals surface area contributed by atoms with Crippen molar-refractivity contribution < 1.29 is 9.59 Å². The van der Waals surface area contributed by atoms with Crippen LogP contribution in [0.5, 0.6) is 0 Å². The highest BCUT2D eigenvalue weighted by atomic mass is 16.2. The molecule has 1 unspecified atom stereocenters. The number of hydrogen-bond donors (Lipinski definition) is 1. The van der Waals surface area contributed by atoms with E-state index >= 15 is 0 Å². The van der Waals surface area contributed by atoms with Gasteiger partial charge in [0.15, 0.2) is 0 Å². The first-order valence-electron chi connectivity index (χ1n) is 9.19. The lowest BCUT2D eigenvalue weighted by atomic mass is 9.97. The van der Waals surface area contributed by atoms with E-state index in [0.717, 1.165) is 42.0 Å². The fourth-order valence-electron chi connectivity index (χ4n) is 3.55. The van der Waals surface area contributed by atoms with Gasteiger partial charge in [-0.1, -0.05) is 24.3 Å². The standard InChI is InChI=1S/C21H26N4O2/c1-14-7-5-6-8-17(14)18-11-20(23-12-19(18)21(27)22-3)25-10-9-16(13-25)24(4)15(2)26/h5-8,11-12,16H,9-10,13H2,1-4H3,(H,22,27). The molecule has 1 aliphatic heterocycles. The number of likely N-dealkylation sites (N-methyl/N-ethyl adjacent to an activating group) is 1. The summed E-state index contributed by atoms with van der Waals surface area (Å²) in [6.45, 7) is 5.21. The van der Waals surface area contributed by atoms with Gasteiger partial charge >= 0.3 is 0 Å². The quantitative estimate of drug-likeness (QED) is 0.903. The minimum absolute atomic E-state index is 0.0744. The van der Waals surface area contributed by atoms with Crippen LogP contribution in [0.1, 0.15) is 29.3 Å². The summed E-state index contributed by atoms with van der Waals surface area (Å²) in [7, 11) is 3.47. The Bertz CT molecular complexity index is 865.